The summed E-state index contributed by atoms with van der Waals surface area (Å²) < 4.78 is 3.06. The lowest BCUT2D eigenvalue weighted by molar-refractivity contribution is 0.904. The first-order valence-electron chi connectivity index (χ1n) is 6.85. The number of benzene rings is 1. The molecule has 0 fully saturated rings. The molecule has 0 aliphatic rings. The molecule has 0 atom stereocenters. The van der Waals surface area contributed by atoms with Crippen LogP contribution >= 0.6 is 35.0 Å². The van der Waals surface area contributed by atoms with E-state index in [1.807, 2.05) is 6.26 Å². The van der Waals surface area contributed by atoms with Gasteiger partial charge in [0.05, 0.1) is 26.6 Å². The summed E-state index contributed by atoms with van der Waals surface area (Å²) in [5, 5.41) is 6.21. The third-order valence-electron chi connectivity index (χ3n) is 3.58. The van der Waals surface area contributed by atoms with E-state index in [0.717, 1.165) is 0 Å². The summed E-state index contributed by atoms with van der Waals surface area (Å²) >= 11 is 13.4. The minimum absolute atomic E-state index is 0.221. The van der Waals surface area contributed by atoms with Crippen molar-refractivity contribution in [2.45, 2.75) is 5.16 Å². The Labute approximate surface area is 150 Å². The van der Waals surface area contributed by atoms with Crippen molar-refractivity contribution < 1.29 is 0 Å². The van der Waals surface area contributed by atoms with Gasteiger partial charge in [0.2, 0.25) is 5.16 Å². The highest BCUT2D eigenvalue weighted by molar-refractivity contribution is 7.98. The van der Waals surface area contributed by atoms with Crippen LogP contribution in [-0.2, 0) is 0 Å². The summed E-state index contributed by atoms with van der Waals surface area (Å²) in [6.45, 7) is 0. The average Bonchev–Trinajstić information content (AvgIpc) is 3.01. The second kappa shape index (κ2) is 5.77. The fraction of sp³-hybridized carbons (Fsp3) is 0.0667. The first kappa shape index (κ1) is 15.4. The lowest BCUT2D eigenvalue weighted by Gasteiger charge is -2.08. The van der Waals surface area contributed by atoms with E-state index in [2.05, 4.69) is 15.1 Å². The van der Waals surface area contributed by atoms with E-state index in [-0.39, 0.29) is 5.56 Å². The van der Waals surface area contributed by atoms with Gasteiger partial charge in [-0.2, -0.15) is 9.50 Å². The molecular weight excluding hydrogens is 369 g/mol. The van der Waals surface area contributed by atoms with Crippen molar-refractivity contribution in [1.82, 2.24) is 24.1 Å². The molecule has 120 valence electrons. The normalized spacial score (nSPS) is 11.5. The molecule has 3 aromatic heterocycles. The molecule has 0 N–H and O–H groups in total. The van der Waals surface area contributed by atoms with Crippen molar-refractivity contribution >= 4 is 51.6 Å². The lowest BCUT2D eigenvalue weighted by Crippen LogP contribution is -2.18. The van der Waals surface area contributed by atoms with Gasteiger partial charge in [-0.3, -0.25) is 9.36 Å². The molecule has 0 radical (unpaired) electrons. The quantitative estimate of drug-likeness (QED) is 0.500. The molecule has 0 bridgehead atoms. The van der Waals surface area contributed by atoms with Crippen LogP contribution < -0.4 is 5.56 Å². The van der Waals surface area contributed by atoms with Crippen LogP contribution in [0.2, 0.25) is 10.0 Å². The maximum absolute atomic E-state index is 12.8. The minimum atomic E-state index is -0.221. The van der Waals surface area contributed by atoms with E-state index < -0.39 is 0 Å². The van der Waals surface area contributed by atoms with Crippen LogP contribution in [0.4, 0.5) is 0 Å². The van der Waals surface area contributed by atoms with Crippen LogP contribution in [0.3, 0.4) is 0 Å². The van der Waals surface area contributed by atoms with Gasteiger partial charge in [-0.15, -0.1) is 5.10 Å². The molecule has 6 nitrogen and oxygen atoms in total. The number of pyridine rings is 1. The zero-order chi connectivity index (χ0) is 16.8. The Morgan fingerprint density at radius 2 is 2.00 bits per heavy atom. The lowest BCUT2D eigenvalue weighted by atomic mass is 10.2. The Balaban J connectivity index is 1.99. The van der Waals surface area contributed by atoms with Gasteiger partial charge in [-0.25, -0.2) is 4.98 Å². The number of thioether (sulfide) groups is 1. The maximum Gasteiger partial charge on any atom is 0.266 e. The molecule has 4 rings (SSSR count). The maximum atomic E-state index is 12.8. The third kappa shape index (κ3) is 2.36. The van der Waals surface area contributed by atoms with Crippen LogP contribution in [0.25, 0.3) is 22.4 Å². The highest BCUT2D eigenvalue weighted by Crippen LogP contribution is 2.24. The molecule has 0 aliphatic carbocycles. The Morgan fingerprint density at radius 1 is 1.17 bits per heavy atom. The van der Waals surface area contributed by atoms with Crippen LogP contribution in [0.15, 0.2) is 46.6 Å². The number of halogens is 2. The van der Waals surface area contributed by atoms with E-state index in [1.165, 1.54) is 22.5 Å². The standard InChI is InChI=1S/C15H9Cl2N5OS/c1-24-15-19-14-18-7-9-12(22(14)20-15)4-5-21(13(9)23)8-2-3-10(16)11(17)6-8/h2-7H,1H3. The molecule has 0 aliphatic heterocycles. The Bertz CT molecular complexity index is 1150. The van der Waals surface area contributed by atoms with Gasteiger partial charge in [0, 0.05) is 12.4 Å². The van der Waals surface area contributed by atoms with Crippen molar-refractivity contribution in [3.8, 4) is 5.69 Å². The monoisotopic (exact) mass is 377 g/mol. The second-order valence-electron chi connectivity index (χ2n) is 4.96. The summed E-state index contributed by atoms with van der Waals surface area (Å²) in [5.74, 6) is 0.457. The first-order chi connectivity index (χ1) is 11.6. The molecule has 0 unspecified atom stereocenters. The van der Waals surface area contributed by atoms with Gasteiger partial charge in [0.15, 0.2) is 0 Å². The SMILES string of the molecule is CSc1nc2ncc3c(=O)n(-c4ccc(Cl)c(Cl)c4)ccc3n2n1. The number of hydrogen-bond acceptors (Lipinski definition) is 5. The van der Waals surface area contributed by atoms with Crippen molar-refractivity contribution in [2.75, 3.05) is 6.26 Å². The summed E-state index contributed by atoms with van der Waals surface area (Å²) in [6, 6.07) is 6.82. The second-order valence-corrected chi connectivity index (χ2v) is 6.54. The minimum Gasteiger partial charge on any atom is -0.284 e. The van der Waals surface area contributed by atoms with Crippen LogP contribution in [0, 0.1) is 0 Å². The largest absolute Gasteiger partial charge is 0.284 e. The van der Waals surface area contributed by atoms with Gasteiger partial charge < -0.3 is 0 Å². The number of hydrogen-bond donors (Lipinski definition) is 0. The molecule has 4 aromatic rings. The van der Waals surface area contributed by atoms with Gasteiger partial charge in [-0.1, -0.05) is 35.0 Å². The van der Waals surface area contributed by atoms with Gasteiger partial charge in [-0.05, 0) is 30.5 Å². The molecule has 0 saturated carbocycles. The summed E-state index contributed by atoms with van der Waals surface area (Å²) in [7, 11) is 0. The fourth-order valence-corrected chi connectivity index (χ4v) is 3.05. The average molecular weight is 378 g/mol. The van der Waals surface area contributed by atoms with Crippen molar-refractivity contribution in [1.29, 1.82) is 0 Å². The van der Waals surface area contributed by atoms with Crippen LogP contribution in [0.1, 0.15) is 0 Å². The fourth-order valence-electron chi connectivity index (χ4n) is 2.43. The molecule has 0 saturated heterocycles. The van der Waals surface area contributed by atoms with Crippen LogP contribution in [-0.4, -0.2) is 30.4 Å². The Hall–Kier alpha value is -2.09. The van der Waals surface area contributed by atoms with Crippen LogP contribution in [0.5, 0.6) is 0 Å². The summed E-state index contributed by atoms with van der Waals surface area (Å²) in [4.78, 5) is 21.3. The number of nitrogens with zero attached hydrogens (tertiary/aromatic N) is 5. The smallest absolute Gasteiger partial charge is 0.266 e. The van der Waals surface area contributed by atoms with Gasteiger partial charge in [0.25, 0.3) is 11.3 Å². The third-order valence-corrected chi connectivity index (χ3v) is 4.86. The van der Waals surface area contributed by atoms with E-state index >= 15 is 0 Å². The molecule has 9 heteroatoms. The molecule has 0 spiro atoms. The Kier molecular flexibility index (Phi) is 3.71. The number of fused-ring (bicyclic) bond motifs is 3. The topological polar surface area (TPSA) is 65.1 Å². The molecule has 1 aromatic carbocycles. The van der Waals surface area contributed by atoms with Crippen molar-refractivity contribution in [2.24, 2.45) is 0 Å². The predicted octanol–water partition coefficient (Wildman–Crippen LogP) is 3.46. The zero-order valence-electron chi connectivity index (χ0n) is 12.3. The predicted molar refractivity (Wildman–Crippen MR) is 95.7 cm³/mol. The molecular formula is C15H9Cl2N5OS. The van der Waals surface area contributed by atoms with Crippen molar-refractivity contribution in [3.05, 3.63) is 57.1 Å². The van der Waals surface area contributed by atoms with Gasteiger partial charge in [0.1, 0.15) is 0 Å². The summed E-state index contributed by atoms with van der Waals surface area (Å²) in [5.41, 5.74) is 1.05. The summed E-state index contributed by atoms with van der Waals surface area (Å²) in [6.07, 6.45) is 5.07. The molecule has 0 amide bonds. The highest BCUT2D eigenvalue weighted by Gasteiger charge is 2.12. The van der Waals surface area contributed by atoms with E-state index in [9.17, 15) is 4.79 Å². The highest BCUT2D eigenvalue weighted by atomic mass is 35.5. The van der Waals surface area contributed by atoms with Gasteiger partial charge >= 0.3 is 0 Å². The molecule has 24 heavy (non-hydrogen) atoms. The van der Waals surface area contributed by atoms with E-state index in [0.29, 0.717) is 37.6 Å². The Morgan fingerprint density at radius 3 is 2.75 bits per heavy atom. The van der Waals surface area contributed by atoms with Crippen molar-refractivity contribution in [3.63, 3.8) is 0 Å². The van der Waals surface area contributed by atoms with E-state index in [4.69, 9.17) is 23.2 Å². The zero-order valence-corrected chi connectivity index (χ0v) is 14.6. The van der Waals surface area contributed by atoms with E-state index in [1.54, 1.807) is 35.0 Å². The molecule has 3 heterocycles. The number of aromatic nitrogens is 5. The number of rotatable bonds is 2. The first-order valence-corrected chi connectivity index (χ1v) is 8.83.